The van der Waals surface area contributed by atoms with Crippen LogP contribution in [0.2, 0.25) is 0 Å². The Morgan fingerprint density at radius 3 is 1.57 bits per heavy atom. The summed E-state index contributed by atoms with van der Waals surface area (Å²) < 4.78 is 0. The van der Waals surface area contributed by atoms with Crippen LogP contribution in [0.1, 0.15) is 103 Å². The monoisotopic (exact) mass is 748 g/mol. The molecule has 0 heteroatoms. The largest absolute Gasteiger partial charge is 0.0619 e. The molecule has 0 unspecified atom stereocenters. The highest BCUT2D eigenvalue weighted by Crippen LogP contribution is 2.62. The molecule has 0 aliphatic heterocycles. The molecule has 0 atom stereocenters. The Morgan fingerprint density at radius 2 is 0.879 bits per heavy atom. The van der Waals surface area contributed by atoms with Gasteiger partial charge in [-0.15, -0.1) is 0 Å². The van der Waals surface area contributed by atoms with E-state index in [4.69, 9.17) is 0 Å². The number of hydrogen-bond donors (Lipinski definition) is 0. The van der Waals surface area contributed by atoms with Crippen LogP contribution >= 0.6 is 0 Å². The Hall–Kier alpha value is -5.72. The lowest BCUT2D eigenvalue weighted by molar-refractivity contribution is 0.580. The predicted octanol–water partition coefficient (Wildman–Crippen LogP) is 16.2. The first-order valence-electron chi connectivity index (χ1n) is 21.3. The van der Waals surface area contributed by atoms with Gasteiger partial charge in [-0.1, -0.05) is 191 Å². The van der Waals surface area contributed by atoms with Crippen molar-refractivity contribution < 1.29 is 0 Å². The third kappa shape index (κ3) is 4.64. The van der Waals surface area contributed by atoms with E-state index in [0.717, 1.165) is 0 Å². The van der Waals surface area contributed by atoms with Crippen molar-refractivity contribution in [3.8, 4) is 66.8 Å². The van der Waals surface area contributed by atoms with Gasteiger partial charge < -0.3 is 0 Å². The molecule has 11 rings (SSSR count). The minimum atomic E-state index is -0.154. The molecule has 0 saturated carbocycles. The van der Waals surface area contributed by atoms with E-state index in [1.807, 2.05) is 0 Å². The average molecular weight is 749 g/mol. The van der Waals surface area contributed by atoms with E-state index in [9.17, 15) is 0 Å². The summed E-state index contributed by atoms with van der Waals surface area (Å²) in [5.41, 5.74) is 24.5. The molecule has 58 heavy (non-hydrogen) atoms. The minimum absolute atomic E-state index is 0.0398. The van der Waals surface area contributed by atoms with Crippen LogP contribution in [0.25, 0.3) is 88.3 Å². The van der Waals surface area contributed by atoms with Crippen LogP contribution < -0.4 is 0 Å². The molecule has 0 aromatic heterocycles. The van der Waals surface area contributed by atoms with Crippen molar-refractivity contribution in [1.82, 2.24) is 0 Å². The van der Waals surface area contributed by atoms with Crippen LogP contribution in [0.4, 0.5) is 0 Å². The molecule has 3 aliphatic rings. The van der Waals surface area contributed by atoms with E-state index in [-0.39, 0.29) is 21.7 Å². The van der Waals surface area contributed by atoms with E-state index in [1.165, 1.54) is 122 Å². The van der Waals surface area contributed by atoms with Gasteiger partial charge in [-0.3, -0.25) is 0 Å². The maximum Gasteiger partial charge on any atom is 0.0159 e. The van der Waals surface area contributed by atoms with Gasteiger partial charge in [-0.2, -0.15) is 0 Å². The van der Waals surface area contributed by atoms with E-state index in [0.29, 0.717) is 0 Å². The highest BCUT2D eigenvalue weighted by molar-refractivity contribution is 6.28. The van der Waals surface area contributed by atoms with Gasteiger partial charge in [0.05, 0.1) is 0 Å². The van der Waals surface area contributed by atoms with Gasteiger partial charge in [-0.05, 0) is 145 Å². The normalized spacial score (nSPS) is 15.3. The Bertz CT molecular complexity index is 3100. The maximum atomic E-state index is 2.57. The van der Waals surface area contributed by atoms with Gasteiger partial charge in [0.25, 0.3) is 0 Å². The summed E-state index contributed by atoms with van der Waals surface area (Å²) in [6.45, 7) is 23.8. The maximum absolute atomic E-state index is 2.57. The molecular weight excluding hydrogens is 697 g/mol. The molecule has 0 spiro atoms. The standard InChI is InChI=1S/C58H52/c1-55(2,3)35-26-28-41-47(31-35)58(9,10)48-32-36(56(4,5)6)30-44(51(41)48)52-40-21-12-11-20-39(40)50(53-42-22-15-17-33-18-16-23-43(49(33)42)54(52)53)34-25-27-38-37-19-13-14-24-45(37)57(7,8)46(38)29-34/h11-32H,1-10H3. The van der Waals surface area contributed by atoms with Gasteiger partial charge in [0, 0.05) is 10.8 Å². The summed E-state index contributed by atoms with van der Waals surface area (Å²) in [4.78, 5) is 0. The summed E-state index contributed by atoms with van der Waals surface area (Å²) in [7, 11) is 0. The molecule has 3 aliphatic carbocycles. The molecule has 0 bridgehead atoms. The second-order valence-corrected chi connectivity index (χ2v) is 20.5. The van der Waals surface area contributed by atoms with Gasteiger partial charge in [-0.25, -0.2) is 0 Å². The van der Waals surface area contributed by atoms with Crippen LogP contribution in [0, 0.1) is 0 Å². The average Bonchev–Trinajstić information content (AvgIpc) is 3.73. The smallest absolute Gasteiger partial charge is 0.0159 e. The predicted molar refractivity (Wildman–Crippen MR) is 249 cm³/mol. The van der Waals surface area contributed by atoms with Crippen molar-refractivity contribution in [2.75, 3.05) is 0 Å². The Labute approximate surface area is 344 Å². The first kappa shape index (κ1) is 35.4. The number of fused-ring (bicyclic) bond motifs is 10. The van der Waals surface area contributed by atoms with E-state index >= 15 is 0 Å². The molecule has 0 fully saturated rings. The fourth-order valence-corrected chi connectivity index (χ4v) is 11.1. The van der Waals surface area contributed by atoms with Crippen molar-refractivity contribution >= 4 is 21.5 Å². The number of benzene rings is 8. The van der Waals surface area contributed by atoms with Crippen LogP contribution in [0.5, 0.6) is 0 Å². The first-order valence-corrected chi connectivity index (χ1v) is 21.3. The van der Waals surface area contributed by atoms with E-state index in [2.05, 4.69) is 203 Å². The van der Waals surface area contributed by atoms with E-state index in [1.54, 1.807) is 0 Å². The molecule has 0 nitrogen and oxygen atoms in total. The summed E-state index contributed by atoms with van der Waals surface area (Å²) in [6.07, 6.45) is 0. The molecule has 0 radical (unpaired) electrons. The first-order chi connectivity index (χ1) is 27.6. The highest BCUT2D eigenvalue weighted by atomic mass is 14.4. The molecule has 8 aromatic rings. The lowest BCUT2D eigenvalue weighted by atomic mass is 9.75. The summed E-state index contributed by atoms with van der Waals surface area (Å²) in [5, 5.41) is 5.29. The number of rotatable bonds is 2. The fraction of sp³-hybridized carbons (Fsp3) is 0.241. The summed E-state index contributed by atoms with van der Waals surface area (Å²) in [6, 6.07) is 52.0. The molecule has 0 saturated heterocycles. The van der Waals surface area contributed by atoms with E-state index < -0.39 is 0 Å². The fourth-order valence-electron chi connectivity index (χ4n) is 11.1. The van der Waals surface area contributed by atoms with Crippen molar-refractivity contribution in [3.05, 3.63) is 167 Å². The van der Waals surface area contributed by atoms with Gasteiger partial charge in [0.1, 0.15) is 0 Å². The zero-order chi connectivity index (χ0) is 40.3. The quantitative estimate of drug-likeness (QED) is 0.165. The lowest BCUT2D eigenvalue weighted by Gasteiger charge is -2.28. The molecule has 8 aromatic carbocycles. The van der Waals surface area contributed by atoms with Gasteiger partial charge >= 0.3 is 0 Å². The molecule has 0 N–H and O–H groups in total. The Morgan fingerprint density at radius 1 is 0.345 bits per heavy atom. The van der Waals surface area contributed by atoms with Crippen molar-refractivity contribution in [2.24, 2.45) is 0 Å². The van der Waals surface area contributed by atoms with Crippen LogP contribution in [0.3, 0.4) is 0 Å². The molecule has 0 amide bonds. The number of hydrogen-bond acceptors (Lipinski definition) is 0. The molecular formula is C58H52. The van der Waals surface area contributed by atoms with Crippen LogP contribution in [-0.2, 0) is 21.7 Å². The third-order valence-corrected chi connectivity index (χ3v) is 14.3. The van der Waals surface area contributed by atoms with Crippen molar-refractivity contribution in [1.29, 1.82) is 0 Å². The highest BCUT2D eigenvalue weighted by Gasteiger charge is 2.41. The topological polar surface area (TPSA) is 0 Å². The second kappa shape index (κ2) is 11.5. The van der Waals surface area contributed by atoms with Crippen LogP contribution in [-0.4, -0.2) is 0 Å². The van der Waals surface area contributed by atoms with Crippen molar-refractivity contribution in [2.45, 2.75) is 90.9 Å². The van der Waals surface area contributed by atoms with Gasteiger partial charge in [0.2, 0.25) is 0 Å². The van der Waals surface area contributed by atoms with Gasteiger partial charge in [0.15, 0.2) is 0 Å². The Kier molecular flexibility index (Phi) is 7.01. The Balaban J connectivity index is 1.30. The summed E-state index contributed by atoms with van der Waals surface area (Å²) in [5.74, 6) is 0. The zero-order valence-corrected chi connectivity index (χ0v) is 35.7. The molecule has 0 heterocycles. The van der Waals surface area contributed by atoms with Crippen molar-refractivity contribution in [3.63, 3.8) is 0 Å². The zero-order valence-electron chi connectivity index (χ0n) is 35.7. The third-order valence-electron chi connectivity index (χ3n) is 14.3. The second-order valence-electron chi connectivity index (χ2n) is 20.5. The minimum Gasteiger partial charge on any atom is -0.0619 e. The summed E-state index contributed by atoms with van der Waals surface area (Å²) >= 11 is 0. The molecule has 284 valence electrons. The SMILES string of the molecule is CC(C)(C)c1ccc2c(c1)C(C)(C)c1cc(C(C)(C)C)cc(-c3c4c(c(-c5ccc6c(c5)C(C)(C)c5ccccc5-6)c5ccccc35)-c3cccc5cccc-4c35)c1-2. The lowest BCUT2D eigenvalue weighted by Crippen LogP contribution is -2.19. The van der Waals surface area contributed by atoms with Crippen LogP contribution in [0.15, 0.2) is 133 Å².